The molecule has 1 aliphatic rings. The molecule has 0 radical (unpaired) electrons. The zero-order chi connectivity index (χ0) is 28.4. The Hall–Kier alpha value is -3.30. The molecular formula is C27H22BrCl3N8O. The topological polar surface area (TPSA) is 121 Å². The number of hydrogen-bond acceptors (Lipinski definition) is 9. The van der Waals surface area contributed by atoms with Crippen molar-refractivity contribution in [2.45, 2.75) is 13.0 Å². The Balaban J connectivity index is 1.61. The maximum absolute atomic E-state index is 9.88. The number of β-amino-alcohol motifs (C(OH)–C–C–N with tert-alkyl or cyclic N) is 1. The van der Waals surface area contributed by atoms with Crippen LogP contribution in [0.25, 0.3) is 10.9 Å². The van der Waals surface area contributed by atoms with Crippen LogP contribution in [-0.4, -0.2) is 33.2 Å². The third kappa shape index (κ3) is 5.90. The fourth-order valence-corrected chi connectivity index (χ4v) is 5.26. The molecule has 1 atom stereocenters. The number of nitriles is 1. The van der Waals surface area contributed by atoms with Crippen LogP contribution in [0.5, 0.6) is 0 Å². The number of hydrazine groups is 2. The number of hydrogen-bond donors (Lipinski definition) is 5. The summed E-state index contributed by atoms with van der Waals surface area (Å²) in [5, 5.41) is 29.7. The second-order valence-corrected chi connectivity index (χ2v) is 11.0. The number of halogens is 4. The van der Waals surface area contributed by atoms with E-state index in [1.807, 2.05) is 37.4 Å². The highest BCUT2D eigenvalue weighted by atomic mass is 79.9. The van der Waals surface area contributed by atoms with Gasteiger partial charge in [0.15, 0.2) is 0 Å². The fourth-order valence-electron chi connectivity index (χ4n) is 4.25. The first-order valence-electron chi connectivity index (χ1n) is 12.0. The first-order valence-corrected chi connectivity index (χ1v) is 13.9. The van der Waals surface area contributed by atoms with Gasteiger partial charge in [-0.1, -0.05) is 40.9 Å². The van der Waals surface area contributed by atoms with Crippen molar-refractivity contribution in [1.29, 1.82) is 5.26 Å². The van der Waals surface area contributed by atoms with Crippen LogP contribution in [0.15, 0.2) is 65.2 Å². The van der Waals surface area contributed by atoms with Gasteiger partial charge in [0.25, 0.3) is 0 Å². The Kier molecular flexibility index (Phi) is 8.51. The number of anilines is 3. The third-order valence-corrected chi connectivity index (χ3v) is 7.68. The lowest BCUT2D eigenvalue weighted by Crippen LogP contribution is -2.38. The number of pyridine rings is 2. The molecule has 5 rings (SSSR count). The number of benzene rings is 2. The molecule has 0 spiro atoms. The summed E-state index contributed by atoms with van der Waals surface area (Å²) in [4.78, 5) is 8.74. The summed E-state index contributed by atoms with van der Waals surface area (Å²) in [5.41, 5.74) is 11.3. The van der Waals surface area contributed by atoms with Gasteiger partial charge in [-0.2, -0.15) is 5.26 Å². The lowest BCUT2D eigenvalue weighted by atomic mass is 10.0. The molecule has 0 fully saturated rings. The molecule has 0 bridgehead atoms. The molecule has 4 aromatic rings. The summed E-state index contributed by atoms with van der Waals surface area (Å²) in [5.74, 6) is 0. The van der Waals surface area contributed by atoms with Gasteiger partial charge in [-0.15, -0.1) is 5.53 Å². The third-order valence-electron chi connectivity index (χ3n) is 6.23. The SMILES string of the molecule is Cc1ccc(Nc2c(C#N)cnc3c(Cl)cc(N[C@H](C4=CN(CCO)NN4)c4cc(Br)cnc4Cl)cc23)cc1Cl. The Labute approximate surface area is 253 Å². The number of nitrogens with one attached hydrogen (secondary N) is 4. The smallest absolute Gasteiger partial charge is 0.134 e. The molecule has 1 aliphatic heterocycles. The normalized spacial score (nSPS) is 13.5. The minimum absolute atomic E-state index is 0.0355. The second kappa shape index (κ2) is 12.1. The summed E-state index contributed by atoms with van der Waals surface area (Å²) >= 11 is 23.1. The van der Waals surface area contributed by atoms with Crippen LogP contribution in [0, 0.1) is 18.3 Å². The van der Waals surface area contributed by atoms with E-state index >= 15 is 0 Å². The minimum atomic E-state index is -0.498. The van der Waals surface area contributed by atoms with Gasteiger partial charge < -0.3 is 21.2 Å². The molecule has 0 unspecified atom stereocenters. The maximum Gasteiger partial charge on any atom is 0.134 e. The minimum Gasteiger partial charge on any atom is -0.394 e. The van der Waals surface area contributed by atoms with Gasteiger partial charge in [0.1, 0.15) is 11.2 Å². The summed E-state index contributed by atoms with van der Waals surface area (Å²) in [7, 11) is 0. The van der Waals surface area contributed by atoms with Crippen molar-refractivity contribution in [2.75, 3.05) is 23.8 Å². The van der Waals surface area contributed by atoms with Crippen molar-refractivity contribution >= 4 is 78.7 Å². The van der Waals surface area contributed by atoms with E-state index in [1.165, 1.54) is 6.20 Å². The molecule has 40 heavy (non-hydrogen) atoms. The van der Waals surface area contributed by atoms with Crippen molar-refractivity contribution in [3.05, 3.63) is 97.1 Å². The van der Waals surface area contributed by atoms with Crippen LogP contribution in [0.4, 0.5) is 17.1 Å². The van der Waals surface area contributed by atoms with Crippen molar-refractivity contribution in [2.24, 2.45) is 0 Å². The van der Waals surface area contributed by atoms with Gasteiger partial charge in [0.05, 0.1) is 46.7 Å². The molecule has 0 saturated carbocycles. The van der Waals surface area contributed by atoms with Gasteiger partial charge in [-0.3, -0.25) is 9.99 Å². The first kappa shape index (κ1) is 28.2. The van der Waals surface area contributed by atoms with Crippen molar-refractivity contribution in [1.82, 2.24) is 25.9 Å². The van der Waals surface area contributed by atoms with E-state index in [9.17, 15) is 10.4 Å². The van der Waals surface area contributed by atoms with E-state index in [1.54, 1.807) is 23.3 Å². The fraction of sp³-hybridized carbons (Fsp3) is 0.148. The Morgan fingerprint density at radius 2 is 1.90 bits per heavy atom. The van der Waals surface area contributed by atoms with E-state index in [2.05, 4.69) is 53.6 Å². The number of rotatable bonds is 8. The molecular weight excluding hydrogens is 639 g/mol. The Morgan fingerprint density at radius 3 is 2.65 bits per heavy atom. The predicted octanol–water partition coefficient (Wildman–Crippen LogP) is 6.59. The Morgan fingerprint density at radius 1 is 1.10 bits per heavy atom. The number of aliphatic hydroxyl groups is 1. The highest BCUT2D eigenvalue weighted by molar-refractivity contribution is 9.10. The first-order chi connectivity index (χ1) is 19.3. The van der Waals surface area contributed by atoms with E-state index in [4.69, 9.17) is 34.8 Å². The maximum atomic E-state index is 9.88. The highest BCUT2D eigenvalue weighted by Crippen LogP contribution is 2.38. The molecule has 2 aromatic heterocycles. The number of aromatic nitrogens is 2. The van der Waals surface area contributed by atoms with E-state index in [0.29, 0.717) is 60.8 Å². The molecule has 0 aliphatic carbocycles. The Bertz CT molecular complexity index is 1680. The summed E-state index contributed by atoms with van der Waals surface area (Å²) in [6.07, 6.45) is 4.94. The molecule has 3 heterocycles. The number of nitrogens with zero attached hydrogens (tertiary/aromatic N) is 4. The van der Waals surface area contributed by atoms with Gasteiger partial charge in [-0.05, 0) is 58.7 Å². The van der Waals surface area contributed by atoms with Crippen molar-refractivity contribution in [3.8, 4) is 6.07 Å². The zero-order valence-corrected chi connectivity index (χ0v) is 24.8. The van der Waals surface area contributed by atoms with Gasteiger partial charge in [0, 0.05) is 50.4 Å². The largest absolute Gasteiger partial charge is 0.394 e. The number of fused-ring (bicyclic) bond motifs is 1. The quantitative estimate of drug-likeness (QED) is 0.133. The monoisotopic (exact) mass is 658 g/mol. The molecule has 9 nitrogen and oxygen atoms in total. The predicted molar refractivity (Wildman–Crippen MR) is 162 cm³/mol. The number of aryl methyl sites for hydroxylation is 1. The lowest BCUT2D eigenvalue weighted by molar-refractivity contribution is 0.195. The van der Waals surface area contributed by atoms with Crippen LogP contribution in [0.3, 0.4) is 0 Å². The van der Waals surface area contributed by atoms with Crippen molar-refractivity contribution in [3.63, 3.8) is 0 Å². The van der Waals surface area contributed by atoms with Crippen LogP contribution < -0.4 is 21.6 Å². The number of aliphatic hydroxyl groups excluding tert-OH is 1. The van der Waals surface area contributed by atoms with E-state index in [0.717, 1.165) is 15.7 Å². The summed E-state index contributed by atoms with van der Waals surface area (Å²) in [6.45, 7) is 2.26. The van der Waals surface area contributed by atoms with Crippen LogP contribution >= 0.6 is 50.7 Å². The van der Waals surface area contributed by atoms with E-state index < -0.39 is 6.04 Å². The van der Waals surface area contributed by atoms with Gasteiger partial charge >= 0.3 is 0 Å². The van der Waals surface area contributed by atoms with Crippen LogP contribution in [-0.2, 0) is 0 Å². The molecule has 2 aromatic carbocycles. The van der Waals surface area contributed by atoms with Gasteiger partial charge in [-0.25, -0.2) is 4.98 Å². The molecule has 204 valence electrons. The van der Waals surface area contributed by atoms with Crippen LogP contribution in [0.1, 0.15) is 22.7 Å². The standard InChI is InChI=1S/C27H22BrCl3N8O/c1-14-2-3-17(8-21(14)29)35-24-15(10-32)11-33-25-19(24)7-18(9-22(25)30)36-26(20-6-16(28)12-34-27(20)31)23-13-39(4-5-40)38-37-23/h2-3,6-9,11-13,26,36-38,40H,4-5H2,1H3,(H,33,35)/t26-/m0/s1. The van der Waals surface area contributed by atoms with E-state index in [-0.39, 0.29) is 6.61 Å². The zero-order valence-electron chi connectivity index (χ0n) is 20.9. The average Bonchev–Trinajstić information content (AvgIpc) is 3.40. The van der Waals surface area contributed by atoms with Gasteiger partial charge in [0.2, 0.25) is 0 Å². The molecule has 5 N–H and O–H groups in total. The molecule has 0 amide bonds. The summed E-state index contributed by atoms with van der Waals surface area (Å²) in [6, 6.07) is 12.8. The summed E-state index contributed by atoms with van der Waals surface area (Å²) < 4.78 is 0.750. The highest BCUT2D eigenvalue weighted by Gasteiger charge is 2.26. The van der Waals surface area contributed by atoms with Crippen LogP contribution in [0.2, 0.25) is 15.2 Å². The molecule has 0 saturated heterocycles. The van der Waals surface area contributed by atoms with Crippen molar-refractivity contribution < 1.29 is 5.11 Å². The molecule has 13 heteroatoms. The second-order valence-electron chi connectivity index (χ2n) is 8.95. The lowest BCUT2D eigenvalue weighted by Gasteiger charge is -2.23. The average molecular weight is 661 g/mol.